The summed E-state index contributed by atoms with van der Waals surface area (Å²) >= 11 is 0. The molecule has 2 aromatic rings. The summed E-state index contributed by atoms with van der Waals surface area (Å²) in [7, 11) is 2.03. The maximum atomic E-state index is 9.53. The molecule has 10 nitrogen and oxygen atoms in total. The molecule has 0 amide bonds. The number of carbonyl (C=O) groups is 2. The molecule has 0 atom stereocenters. The number of ether oxygens (including phenoxy) is 1. The summed E-state index contributed by atoms with van der Waals surface area (Å²) in [4.78, 5) is 31.7. The lowest BCUT2D eigenvalue weighted by atomic mass is 9.75. The second-order valence-corrected chi connectivity index (χ2v) is 9.58. The summed E-state index contributed by atoms with van der Waals surface area (Å²) in [6.07, 6.45) is 6.88. The highest BCUT2D eigenvalue weighted by Gasteiger charge is 2.45. The number of likely N-dealkylation sites (N-methyl/N-ethyl adjacent to an activating group) is 1. The fourth-order valence-corrected chi connectivity index (χ4v) is 5.77. The number of nitrogens with zero attached hydrogens (tertiary/aromatic N) is 4. The fraction of sp³-hybridized carbons (Fsp3) is 0.556. The highest BCUT2D eigenvalue weighted by molar-refractivity contribution is 5.62. The van der Waals surface area contributed by atoms with E-state index in [0.717, 1.165) is 56.4 Å². The molecule has 3 heterocycles. The van der Waals surface area contributed by atoms with E-state index in [1.807, 2.05) is 25.2 Å². The maximum Gasteiger partial charge on any atom is 0.290 e. The first-order chi connectivity index (χ1) is 18.0. The normalized spacial score (nSPS) is 18.5. The van der Waals surface area contributed by atoms with Gasteiger partial charge >= 0.3 is 0 Å². The van der Waals surface area contributed by atoms with Crippen molar-refractivity contribution in [1.82, 2.24) is 14.9 Å². The summed E-state index contributed by atoms with van der Waals surface area (Å²) in [5, 5.41) is 23.3. The van der Waals surface area contributed by atoms with Crippen molar-refractivity contribution >= 4 is 18.8 Å². The first kappa shape index (κ1) is 28.5. The molecule has 1 aliphatic carbocycles. The quantitative estimate of drug-likeness (QED) is 0.510. The Balaban J connectivity index is 0.000000580. The number of likely N-dealkylation sites (tertiary alicyclic amines) is 1. The molecule has 0 unspecified atom stereocenters. The van der Waals surface area contributed by atoms with Gasteiger partial charge in [0.1, 0.15) is 5.82 Å². The molecule has 1 aromatic heterocycles. The second-order valence-electron chi connectivity index (χ2n) is 9.58. The Bertz CT molecular complexity index is 986. The van der Waals surface area contributed by atoms with Crippen molar-refractivity contribution in [3.63, 3.8) is 0 Å². The van der Waals surface area contributed by atoms with Crippen LogP contribution in [0.2, 0.25) is 0 Å². The summed E-state index contributed by atoms with van der Waals surface area (Å²) in [6.45, 7) is 4.32. The van der Waals surface area contributed by atoms with E-state index in [1.165, 1.54) is 36.9 Å². The molecule has 202 valence electrons. The monoisotopic (exact) mass is 514 g/mol. The molecule has 1 aromatic carbocycles. The van der Waals surface area contributed by atoms with Gasteiger partial charge in [0.15, 0.2) is 5.82 Å². The van der Waals surface area contributed by atoms with Gasteiger partial charge in [-0.3, -0.25) is 9.59 Å². The Morgan fingerprint density at radius 3 is 2.27 bits per heavy atom. The lowest BCUT2D eigenvalue weighted by molar-refractivity contribution is -0.123. The Morgan fingerprint density at radius 1 is 1.05 bits per heavy atom. The van der Waals surface area contributed by atoms with E-state index in [0.29, 0.717) is 12.6 Å². The largest absolute Gasteiger partial charge is 0.483 e. The third-order valence-corrected chi connectivity index (χ3v) is 7.63. The Labute approximate surface area is 217 Å². The summed E-state index contributed by atoms with van der Waals surface area (Å²) in [6, 6.07) is 11.0. The number of rotatable bonds is 5. The number of anilines is 1. The molecule has 2 fully saturated rings. The van der Waals surface area contributed by atoms with Gasteiger partial charge in [0.25, 0.3) is 12.9 Å². The fourth-order valence-electron chi connectivity index (χ4n) is 5.77. The maximum absolute atomic E-state index is 9.53. The number of benzene rings is 1. The average Bonchev–Trinajstić information content (AvgIpc) is 3.28. The Kier molecular flexibility index (Phi) is 10.8. The lowest BCUT2D eigenvalue weighted by Gasteiger charge is -2.43. The van der Waals surface area contributed by atoms with Crippen LogP contribution in [0.1, 0.15) is 43.4 Å². The van der Waals surface area contributed by atoms with E-state index in [9.17, 15) is 5.11 Å². The van der Waals surface area contributed by atoms with Crippen LogP contribution in [-0.2, 0) is 26.2 Å². The van der Waals surface area contributed by atoms with Crippen LogP contribution in [0.3, 0.4) is 0 Å². The zero-order valence-electron chi connectivity index (χ0n) is 21.5. The van der Waals surface area contributed by atoms with Crippen LogP contribution in [0.5, 0.6) is 0 Å². The second kappa shape index (κ2) is 14.0. The number of aliphatic hydroxyl groups excluding tert-OH is 1. The SMILES string of the molecule is CN(CCO)c1nc(-c2ccccc2)nc2c1CCC21CCN(C2CCOCC2)CC1.O=CO.O=CO. The van der Waals surface area contributed by atoms with Crippen molar-refractivity contribution in [3.8, 4) is 11.4 Å². The molecule has 3 N–H and O–H groups in total. The smallest absolute Gasteiger partial charge is 0.290 e. The zero-order valence-corrected chi connectivity index (χ0v) is 21.5. The number of aliphatic hydroxyl groups is 1. The number of hydrogen-bond acceptors (Lipinski definition) is 8. The lowest BCUT2D eigenvalue weighted by Crippen LogP contribution is -2.48. The predicted octanol–water partition coefficient (Wildman–Crippen LogP) is 2.43. The molecule has 3 aliphatic rings. The molecule has 10 heteroatoms. The van der Waals surface area contributed by atoms with Crippen molar-refractivity contribution in [1.29, 1.82) is 0 Å². The van der Waals surface area contributed by atoms with Crippen LogP contribution in [0.15, 0.2) is 30.3 Å². The predicted molar refractivity (Wildman–Crippen MR) is 140 cm³/mol. The van der Waals surface area contributed by atoms with E-state index in [4.69, 9.17) is 34.5 Å². The molecular formula is C27H38N4O6. The number of hydrogen-bond donors (Lipinski definition) is 3. The van der Waals surface area contributed by atoms with Gasteiger partial charge in [0.2, 0.25) is 0 Å². The van der Waals surface area contributed by atoms with Gasteiger partial charge in [-0.2, -0.15) is 0 Å². The van der Waals surface area contributed by atoms with E-state index in [2.05, 4.69) is 21.9 Å². The number of fused-ring (bicyclic) bond motifs is 2. The van der Waals surface area contributed by atoms with Crippen LogP contribution in [-0.4, -0.2) is 95.7 Å². The number of piperidine rings is 1. The van der Waals surface area contributed by atoms with Crippen molar-refractivity contribution in [3.05, 3.63) is 41.6 Å². The molecule has 2 aliphatic heterocycles. The minimum atomic E-state index is -0.250. The Morgan fingerprint density at radius 2 is 1.68 bits per heavy atom. The standard InChI is InChI=1S/C25H34N4O2.2CH2O2/c1-28(15-16-30)24-21-7-10-25(11-13-29(14-12-25)20-8-17-31-18-9-20)22(21)26-23(27-24)19-5-3-2-4-6-19;2*2-1-3/h2-6,20,30H,7-18H2,1H3;2*1H,(H,2,3). The van der Waals surface area contributed by atoms with Gasteiger partial charge in [-0.15, -0.1) is 0 Å². The average molecular weight is 515 g/mol. The van der Waals surface area contributed by atoms with Gasteiger partial charge in [-0.25, -0.2) is 9.97 Å². The van der Waals surface area contributed by atoms with Gasteiger partial charge in [-0.05, 0) is 51.6 Å². The molecule has 0 bridgehead atoms. The van der Waals surface area contributed by atoms with Gasteiger partial charge in [0.05, 0.1) is 12.3 Å². The van der Waals surface area contributed by atoms with Crippen molar-refractivity contribution in [2.75, 3.05) is 51.4 Å². The highest BCUT2D eigenvalue weighted by Crippen LogP contribution is 2.48. The van der Waals surface area contributed by atoms with Crippen LogP contribution in [0.25, 0.3) is 11.4 Å². The first-order valence-electron chi connectivity index (χ1n) is 12.8. The minimum Gasteiger partial charge on any atom is -0.483 e. The van der Waals surface area contributed by atoms with Gasteiger partial charge < -0.3 is 29.9 Å². The molecule has 5 rings (SSSR count). The van der Waals surface area contributed by atoms with Crippen molar-refractivity contribution in [2.24, 2.45) is 0 Å². The van der Waals surface area contributed by atoms with E-state index < -0.39 is 0 Å². The Hall–Kier alpha value is -3.08. The molecule has 37 heavy (non-hydrogen) atoms. The van der Waals surface area contributed by atoms with Gasteiger partial charge in [-0.1, -0.05) is 30.3 Å². The molecule has 0 radical (unpaired) electrons. The zero-order chi connectivity index (χ0) is 26.7. The van der Waals surface area contributed by atoms with Crippen molar-refractivity contribution < 1.29 is 29.6 Å². The molecule has 0 saturated carbocycles. The van der Waals surface area contributed by atoms with Gasteiger partial charge in [0, 0.05) is 49.4 Å². The first-order valence-corrected chi connectivity index (χ1v) is 12.8. The molecule has 2 saturated heterocycles. The van der Waals surface area contributed by atoms with Crippen LogP contribution in [0, 0.1) is 0 Å². The van der Waals surface area contributed by atoms with E-state index in [1.54, 1.807) is 0 Å². The van der Waals surface area contributed by atoms with E-state index >= 15 is 0 Å². The molecule has 1 spiro atoms. The van der Waals surface area contributed by atoms with Crippen molar-refractivity contribution in [2.45, 2.75) is 50.0 Å². The third kappa shape index (κ3) is 6.82. The summed E-state index contributed by atoms with van der Waals surface area (Å²) in [5.41, 5.74) is 3.80. The molecular weight excluding hydrogens is 476 g/mol. The van der Waals surface area contributed by atoms with Crippen LogP contribution >= 0.6 is 0 Å². The summed E-state index contributed by atoms with van der Waals surface area (Å²) in [5.74, 6) is 1.81. The number of aromatic nitrogens is 2. The van der Waals surface area contributed by atoms with Crippen LogP contribution < -0.4 is 4.90 Å². The highest BCUT2D eigenvalue weighted by atomic mass is 16.5. The van der Waals surface area contributed by atoms with Crippen LogP contribution in [0.4, 0.5) is 5.82 Å². The minimum absolute atomic E-state index is 0.126. The summed E-state index contributed by atoms with van der Waals surface area (Å²) < 4.78 is 5.57. The van der Waals surface area contributed by atoms with E-state index in [-0.39, 0.29) is 25.0 Å². The number of carboxylic acid groups (broad SMARTS) is 2. The third-order valence-electron chi connectivity index (χ3n) is 7.63. The topological polar surface area (TPSA) is 136 Å².